The van der Waals surface area contributed by atoms with E-state index in [1.807, 2.05) is 0 Å². The highest BCUT2D eigenvalue weighted by Gasteiger charge is 2.11. The lowest BCUT2D eigenvalue weighted by atomic mass is 10.1. The largest absolute Gasteiger partial charge is 0.478 e. The first-order valence-corrected chi connectivity index (χ1v) is 7.82. The molecule has 0 atom stereocenters. The van der Waals surface area contributed by atoms with Crippen LogP contribution >= 0.6 is 11.8 Å². The molecule has 0 spiro atoms. The van der Waals surface area contributed by atoms with Gasteiger partial charge < -0.3 is 10.4 Å². The number of carboxylic acids is 1. The topological polar surface area (TPSA) is 83.5 Å². The predicted octanol–water partition coefficient (Wildman–Crippen LogP) is 3.32. The van der Waals surface area contributed by atoms with E-state index in [1.54, 1.807) is 42.5 Å². The van der Waals surface area contributed by atoms with Crippen LogP contribution in [0.5, 0.6) is 0 Å². The molecule has 2 aromatic rings. The maximum absolute atomic E-state index is 12.0. The monoisotopic (exact) mass is 329 g/mol. The Morgan fingerprint density at radius 1 is 1.09 bits per heavy atom. The number of carbonyl (C=O) groups is 3. The number of anilines is 1. The third-order valence-electron chi connectivity index (χ3n) is 3.03. The van der Waals surface area contributed by atoms with Gasteiger partial charge in [0.15, 0.2) is 5.78 Å². The molecule has 2 rings (SSSR count). The maximum atomic E-state index is 12.0. The standard InChI is InChI=1S/C17H15NO4S/c1-11(19)12-5-4-6-13(9-12)18-16(20)10-23-15-8-3-2-7-14(15)17(21)22/h2-9H,10H2,1H3,(H,18,20)(H,21,22). The van der Waals surface area contributed by atoms with Crippen LogP contribution in [0, 0.1) is 0 Å². The lowest BCUT2D eigenvalue weighted by molar-refractivity contribution is -0.113. The fourth-order valence-electron chi connectivity index (χ4n) is 1.93. The zero-order valence-electron chi connectivity index (χ0n) is 12.4. The second kappa shape index (κ2) is 7.60. The van der Waals surface area contributed by atoms with Crippen LogP contribution in [0.25, 0.3) is 0 Å². The Morgan fingerprint density at radius 3 is 2.52 bits per heavy atom. The molecule has 6 heteroatoms. The van der Waals surface area contributed by atoms with Gasteiger partial charge in [-0.2, -0.15) is 0 Å². The average Bonchev–Trinajstić information content (AvgIpc) is 2.53. The molecule has 0 heterocycles. The highest BCUT2D eigenvalue weighted by molar-refractivity contribution is 8.00. The number of nitrogens with one attached hydrogen (secondary N) is 1. The molecule has 0 saturated heterocycles. The summed E-state index contributed by atoms with van der Waals surface area (Å²) in [6.45, 7) is 1.46. The minimum atomic E-state index is -1.03. The third kappa shape index (κ3) is 4.69. The summed E-state index contributed by atoms with van der Waals surface area (Å²) in [6, 6.07) is 13.2. The van der Waals surface area contributed by atoms with Crippen molar-refractivity contribution in [2.45, 2.75) is 11.8 Å². The summed E-state index contributed by atoms with van der Waals surface area (Å²) < 4.78 is 0. The van der Waals surface area contributed by atoms with Crippen LogP contribution in [0.2, 0.25) is 0 Å². The quantitative estimate of drug-likeness (QED) is 0.627. The summed E-state index contributed by atoms with van der Waals surface area (Å²) in [5.74, 6) is -1.29. The summed E-state index contributed by atoms with van der Waals surface area (Å²) in [7, 11) is 0. The Bertz CT molecular complexity index is 758. The number of ketones is 1. The van der Waals surface area contributed by atoms with E-state index in [2.05, 4.69) is 5.32 Å². The molecular formula is C17H15NO4S. The second-order valence-electron chi connectivity index (χ2n) is 4.78. The molecule has 118 valence electrons. The van der Waals surface area contributed by atoms with Crippen molar-refractivity contribution in [2.75, 3.05) is 11.1 Å². The first-order valence-electron chi connectivity index (χ1n) is 6.83. The van der Waals surface area contributed by atoms with Gasteiger partial charge >= 0.3 is 5.97 Å². The zero-order chi connectivity index (χ0) is 16.8. The second-order valence-corrected chi connectivity index (χ2v) is 5.79. The van der Waals surface area contributed by atoms with Gasteiger partial charge in [0.25, 0.3) is 0 Å². The molecule has 5 nitrogen and oxygen atoms in total. The molecule has 1 amide bonds. The fraction of sp³-hybridized carbons (Fsp3) is 0.118. The van der Waals surface area contributed by atoms with Crippen molar-refractivity contribution in [3.05, 3.63) is 59.7 Å². The van der Waals surface area contributed by atoms with Gasteiger partial charge in [-0.05, 0) is 31.2 Å². The van der Waals surface area contributed by atoms with Gasteiger partial charge in [-0.15, -0.1) is 11.8 Å². The predicted molar refractivity (Wildman–Crippen MR) is 89.2 cm³/mol. The Labute approximate surface area is 137 Å². The summed E-state index contributed by atoms with van der Waals surface area (Å²) in [5, 5.41) is 11.8. The van der Waals surface area contributed by atoms with E-state index in [9.17, 15) is 14.4 Å². The van der Waals surface area contributed by atoms with Crippen LogP contribution in [-0.4, -0.2) is 28.5 Å². The smallest absolute Gasteiger partial charge is 0.336 e. The highest BCUT2D eigenvalue weighted by Crippen LogP contribution is 2.23. The van der Waals surface area contributed by atoms with Gasteiger partial charge in [0, 0.05) is 16.1 Å². The number of hydrogen-bond acceptors (Lipinski definition) is 4. The number of hydrogen-bond donors (Lipinski definition) is 2. The molecule has 2 aromatic carbocycles. The van der Waals surface area contributed by atoms with Crippen molar-refractivity contribution in [1.82, 2.24) is 0 Å². The van der Waals surface area contributed by atoms with Crippen LogP contribution < -0.4 is 5.32 Å². The van der Waals surface area contributed by atoms with Gasteiger partial charge in [-0.1, -0.05) is 24.3 Å². The molecule has 0 bridgehead atoms. The van der Waals surface area contributed by atoms with E-state index in [0.29, 0.717) is 16.1 Å². The SMILES string of the molecule is CC(=O)c1cccc(NC(=O)CSc2ccccc2C(=O)O)c1. The molecular weight excluding hydrogens is 314 g/mol. The summed E-state index contributed by atoms with van der Waals surface area (Å²) >= 11 is 1.15. The lowest BCUT2D eigenvalue weighted by Crippen LogP contribution is -2.14. The van der Waals surface area contributed by atoms with Crippen molar-refractivity contribution in [3.8, 4) is 0 Å². The first-order chi connectivity index (χ1) is 11.0. The first kappa shape index (κ1) is 16.8. The summed E-state index contributed by atoms with van der Waals surface area (Å²) in [4.78, 5) is 35.0. The molecule has 2 N–H and O–H groups in total. The minimum Gasteiger partial charge on any atom is -0.478 e. The van der Waals surface area contributed by atoms with Gasteiger partial charge in [-0.25, -0.2) is 4.79 Å². The number of benzene rings is 2. The molecule has 0 aliphatic heterocycles. The van der Waals surface area contributed by atoms with Crippen molar-refractivity contribution in [3.63, 3.8) is 0 Å². The van der Waals surface area contributed by atoms with E-state index in [1.165, 1.54) is 13.0 Å². The number of amides is 1. The van der Waals surface area contributed by atoms with Crippen molar-refractivity contribution in [1.29, 1.82) is 0 Å². The number of thioether (sulfide) groups is 1. The molecule has 0 unspecified atom stereocenters. The van der Waals surface area contributed by atoms with E-state index in [-0.39, 0.29) is 23.0 Å². The molecule has 0 fully saturated rings. The van der Waals surface area contributed by atoms with Crippen LogP contribution in [-0.2, 0) is 4.79 Å². The average molecular weight is 329 g/mol. The summed E-state index contributed by atoms with van der Waals surface area (Å²) in [6.07, 6.45) is 0. The van der Waals surface area contributed by atoms with Crippen molar-refractivity contribution >= 4 is 35.1 Å². The fourth-order valence-corrected chi connectivity index (χ4v) is 2.77. The Kier molecular flexibility index (Phi) is 5.54. The molecule has 0 saturated carbocycles. The number of Topliss-reactive ketones (excluding diaryl/α,β-unsaturated/α-hetero) is 1. The summed E-state index contributed by atoms with van der Waals surface area (Å²) in [5.41, 5.74) is 1.23. The zero-order valence-corrected chi connectivity index (χ0v) is 13.2. The van der Waals surface area contributed by atoms with Gasteiger partial charge in [0.2, 0.25) is 5.91 Å². The molecule has 0 aliphatic rings. The van der Waals surface area contributed by atoms with E-state index in [4.69, 9.17) is 5.11 Å². The molecule has 23 heavy (non-hydrogen) atoms. The van der Waals surface area contributed by atoms with E-state index < -0.39 is 5.97 Å². The lowest BCUT2D eigenvalue weighted by Gasteiger charge is -2.07. The van der Waals surface area contributed by atoms with Gasteiger partial charge in [-0.3, -0.25) is 9.59 Å². The third-order valence-corrected chi connectivity index (χ3v) is 4.10. The maximum Gasteiger partial charge on any atom is 0.336 e. The Hall–Kier alpha value is -2.60. The van der Waals surface area contributed by atoms with Crippen LogP contribution in [0.4, 0.5) is 5.69 Å². The van der Waals surface area contributed by atoms with Gasteiger partial charge in [0.1, 0.15) is 0 Å². The van der Waals surface area contributed by atoms with Crippen molar-refractivity contribution in [2.24, 2.45) is 0 Å². The molecule has 0 radical (unpaired) electrons. The minimum absolute atomic E-state index is 0.0779. The van der Waals surface area contributed by atoms with E-state index in [0.717, 1.165) is 11.8 Å². The highest BCUT2D eigenvalue weighted by atomic mass is 32.2. The van der Waals surface area contributed by atoms with Crippen LogP contribution in [0.1, 0.15) is 27.6 Å². The number of aromatic carboxylic acids is 1. The van der Waals surface area contributed by atoms with Gasteiger partial charge in [0.05, 0.1) is 11.3 Å². The Morgan fingerprint density at radius 2 is 1.83 bits per heavy atom. The number of rotatable bonds is 6. The number of carbonyl (C=O) groups excluding carboxylic acids is 2. The Balaban J connectivity index is 2.00. The normalized spacial score (nSPS) is 10.1. The van der Waals surface area contributed by atoms with E-state index >= 15 is 0 Å². The number of carboxylic acid groups (broad SMARTS) is 1. The molecule has 0 aromatic heterocycles. The van der Waals surface area contributed by atoms with Crippen LogP contribution in [0.15, 0.2) is 53.4 Å². The van der Waals surface area contributed by atoms with Crippen molar-refractivity contribution < 1.29 is 19.5 Å². The molecule has 0 aliphatic carbocycles. The van der Waals surface area contributed by atoms with Crippen LogP contribution in [0.3, 0.4) is 0 Å².